The molecular weight excluding hydrogens is 248 g/mol. The fourth-order valence-electron chi connectivity index (χ4n) is 0.731. The molecule has 2 amide bonds. The van der Waals surface area contributed by atoms with E-state index in [1.54, 1.807) is 13.0 Å². The average Bonchev–Trinajstić information content (AvgIpc) is 2.35. The summed E-state index contributed by atoms with van der Waals surface area (Å²) in [6, 6.07) is 0. The molecule has 0 aliphatic heterocycles. The van der Waals surface area contributed by atoms with E-state index in [4.69, 9.17) is 10.5 Å². The minimum atomic E-state index is -0.386. The largest absolute Gasteiger partial charge is 0.377 e. The van der Waals surface area contributed by atoms with Crippen molar-refractivity contribution in [2.75, 3.05) is 20.3 Å². The molecule has 0 saturated heterocycles. The number of rotatable bonds is 7. The number of primary amides is 1. The van der Waals surface area contributed by atoms with E-state index in [0.717, 1.165) is 6.08 Å². The third-order valence-corrected chi connectivity index (χ3v) is 1.74. The number of hydroxylamine groups is 1. The van der Waals surface area contributed by atoms with Gasteiger partial charge in [-0.1, -0.05) is 26.5 Å². The van der Waals surface area contributed by atoms with E-state index in [-0.39, 0.29) is 11.8 Å². The van der Waals surface area contributed by atoms with Gasteiger partial charge in [-0.15, -0.1) is 0 Å². The summed E-state index contributed by atoms with van der Waals surface area (Å²) in [7, 11) is 1.36. The Morgan fingerprint density at radius 2 is 2.00 bits per heavy atom. The molecule has 0 heterocycles. The highest BCUT2D eigenvalue weighted by molar-refractivity contribution is 5.91. The number of nitrogens with two attached hydrogens (primary N) is 1. The summed E-state index contributed by atoms with van der Waals surface area (Å²) >= 11 is 0. The topological polar surface area (TPSA) is 90.7 Å². The van der Waals surface area contributed by atoms with Gasteiger partial charge in [0.1, 0.15) is 0 Å². The summed E-state index contributed by atoms with van der Waals surface area (Å²) in [5.41, 5.74) is 7.61. The maximum atomic E-state index is 10.5. The lowest BCUT2D eigenvalue weighted by Gasteiger charge is -2.03. The molecular formula is C13H24N2O4. The van der Waals surface area contributed by atoms with Crippen molar-refractivity contribution in [3.63, 3.8) is 0 Å². The Morgan fingerprint density at radius 1 is 1.42 bits per heavy atom. The zero-order chi connectivity index (χ0) is 15.3. The van der Waals surface area contributed by atoms with Crippen molar-refractivity contribution in [2.24, 2.45) is 11.7 Å². The molecule has 3 N–H and O–H groups in total. The second-order valence-electron chi connectivity index (χ2n) is 4.06. The summed E-state index contributed by atoms with van der Waals surface area (Å²) in [6.45, 7) is 10.2. The minimum absolute atomic E-state index is 0.331. The van der Waals surface area contributed by atoms with Gasteiger partial charge in [-0.05, 0) is 18.9 Å². The van der Waals surface area contributed by atoms with Crippen LogP contribution in [-0.2, 0) is 19.2 Å². The predicted molar refractivity (Wildman–Crippen MR) is 74.0 cm³/mol. The Morgan fingerprint density at radius 3 is 2.32 bits per heavy atom. The lowest BCUT2D eigenvalue weighted by molar-refractivity contribution is -0.126. The number of ether oxygens (including phenoxy) is 1. The van der Waals surface area contributed by atoms with Gasteiger partial charge in [0.05, 0.1) is 13.7 Å². The molecule has 0 aromatic heterocycles. The maximum Gasteiger partial charge on any atom is 0.266 e. The van der Waals surface area contributed by atoms with Gasteiger partial charge in [0.15, 0.2) is 0 Å². The third-order valence-electron chi connectivity index (χ3n) is 1.74. The number of hydrogen-bond donors (Lipinski definition) is 2. The monoisotopic (exact) mass is 272 g/mol. The number of carbonyl (C=O) groups excluding carboxylic acids is 2. The molecule has 0 aliphatic carbocycles. The molecule has 0 aromatic rings. The average molecular weight is 272 g/mol. The molecule has 0 radical (unpaired) electrons. The Bertz CT molecular complexity index is 312. The SMILES string of the molecule is C=CC(=O)NOC.CC(=CCOCC(C)C)C(N)=O. The molecule has 0 fully saturated rings. The van der Waals surface area contributed by atoms with E-state index < -0.39 is 0 Å². The number of hydrogen-bond acceptors (Lipinski definition) is 4. The van der Waals surface area contributed by atoms with Gasteiger partial charge in [0.2, 0.25) is 5.91 Å². The number of nitrogens with one attached hydrogen (secondary N) is 1. The molecule has 6 heteroatoms. The minimum Gasteiger partial charge on any atom is -0.377 e. The van der Waals surface area contributed by atoms with Crippen molar-refractivity contribution < 1.29 is 19.2 Å². The van der Waals surface area contributed by atoms with Gasteiger partial charge >= 0.3 is 0 Å². The predicted octanol–water partition coefficient (Wildman–Crippen LogP) is 0.941. The van der Waals surface area contributed by atoms with Crippen LogP contribution < -0.4 is 11.2 Å². The zero-order valence-electron chi connectivity index (χ0n) is 12.1. The summed E-state index contributed by atoms with van der Waals surface area (Å²) in [5, 5.41) is 0. The quantitative estimate of drug-likeness (QED) is 0.410. The molecule has 0 aromatic carbocycles. The van der Waals surface area contributed by atoms with E-state index in [9.17, 15) is 9.59 Å². The van der Waals surface area contributed by atoms with Crippen molar-refractivity contribution in [1.29, 1.82) is 0 Å². The van der Waals surface area contributed by atoms with Crippen molar-refractivity contribution in [3.05, 3.63) is 24.3 Å². The van der Waals surface area contributed by atoms with Crippen molar-refractivity contribution >= 4 is 11.8 Å². The van der Waals surface area contributed by atoms with E-state index in [1.807, 2.05) is 5.48 Å². The van der Waals surface area contributed by atoms with Crippen LogP contribution in [0.15, 0.2) is 24.3 Å². The standard InChI is InChI=1S/C9H17NO2.C4H7NO2/c1-7(2)6-12-5-4-8(3)9(10)11;1-3-4(6)5-7-2/h4,7H,5-6H2,1-3H3,(H2,10,11);3H,1H2,2H3,(H,5,6). The van der Waals surface area contributed by atoms with Gasteiger partial charge in [-0.3, -0.25) is 14.4 Å². The van der Waals surface area contributed by atoms with Gasteiger partial charge in [0.25, 0.3) is 5.91 Å². The first-order chi connectivity index (χ1) is 8.84. The molecule has 0 atom stereocenters. The number of carbonyl (C=O) groups is 2. The fraction of sp³-hybridized carbons (Fsp3) is 0.538. The summed E-state index contributed by atoms with van der Waals surface area (Å²) in [4.78, 5) is 24.8. The molecule has 0 saturated carbocycles. The Hall–Kier alpha value is -1.66. The third kappa shape index (κ3) is 16.3. The van der Waals surface area contributed by atoms with Crippen LogP contribution in [0.3, 0.4) is 0 Å². The summed E-state index contributed by atoms with van der Waals surface area (Å²) in [5.74, 6) is -0.196. The Balaban J connectivity index is 0. The normalized spacial score (nSPS) is 10.5. The van der Waals surface area contributed by atoms with Crippen molar-refractivity contribution in [1.82, 2.24) is 5.48 Å². The second-order valence-corrected chi connectivity index (χ2v) is 4.06. The maximum absolute atomic E-state index is 10.5. The molecule has 0 unspecified atom stereocenters. The zero-order valence-corrected chi connectivity index (χ0v) is 12.1. The summed E-state index contributed by atoms with van der Waals surface area (Å²) in [6.07, 6.45) is 2.83. The lowest BCUT2D eigenvalue weighted by Crippen LogP contribution is -2.18. The summed E-state index contributed by atoms with van der Waals surface area (Å²) < 4.78 is 5.23. The fourth-order valence-corrected chi connectivity index (χ4v) is 0.731. The smallest absolute Gasteiger partial charge is 0.266 e. The van der Waals surface area contributed by atoms with Crippen LogP contribution in [0, 0.1) is 5.92 Å². The van der Waals surface area contributed by atoms with Gasteiger partial charge in [0, 0.05) is 12.2 Å². The molecule has 0 bridgehead atoms. The van der Waals surface area contributed by atoms with Crippen LogP contribution in [0.5, 0.6) is 0 Å². The van der Waals surface area contributed by atoms with E-state index in [1.165, 1.54) is 7.11 Å². The van der Waals surface area contributed by atoms with E-state index in [0.29, 0.717) is 24.7 Å². The van der Waals surface area contributed by atoms with Crippen molar-refractivity contribution in [3.8, 4) is 0 Å². The Labute approximate surface area is 114 Å². The molecule has 110 valence electrons. The second kappa shape index (κ2) is 12.8. The van der Waals surface area contributed by atoms with Crippen LogP contribution in [0.1, 0.15) is 20.8 Å². The highest BCUT2D eigenvalue weighted by Crippen LogP contribution is 1.94. The van der Waals surface area contributed by atoms with Crippen LogP contribution in [0.2, 0.25) is 0 Å². The van der Waals surface area contributed by atoms with Crippen LogP contribution in [0.4, 0.5) is 0 Å². The van der Waals surface area contributed by atoms with Crippen LogP contribution >= 0.6 is 0 Å². The van der Waals surface area contributed by atoms with E-state index in [2.05, 4.69) is 25.3 Å². The molecule has 19 heavy (non-hydrogen) atoms. The molecule has 0 rings (SSSR count). The Kier molecular flexibility index (Phi) is 13.2. The van der Waals surface area contributed by atoms with Gasteiger partial charge < -0.3 is 10.5 Å². The molecule has 0 aliphatic rings. The first kappa shape index (κ1) is 19.7. The highest BCUT2D eigenvalue weighted by Gasteiger charge is 1.96. The van der Waals surface area contributed by atoms with Crippen LogP contribution in [0.25, 0.3) is 0 Å². The molecule has 6 nitrogen and oxygen atoms in total. The first-order valence-corrected chi connectivity index (χ1v) is 5.84. The lowest BCUT2D eigenvalue weighted by atomic mass is 10.2. The van der Waals surface area contributed by atoms with E-state index >= 15 is 0 Å². The van der Waals surface area contributed by atoms with Gasteiger partial charge in [-0.25, -0.2) is 5.48 Å². The first-order valence-electron chi connectivity index (χ1n) is 5.84. The number of amides is 2. The highest BCUT2D eigenvalue weighted by atomic mass is 16.6. The van der Waals surface area contributed by atoms with Crippen molar-refractivity contribution in [2.45, 2.75) is 20.8 Å². The molecule has 0 spiro atoms. The van der Waals surface area contributed by atoms with Crippen LogP contribution in [-0.4, -0.2) is 32.1 Å². The van der Waals surface area contributed by atoms with Gasteiger partial charge in [-0.2, -0.15) is 0 Å².